The second kappa shape index (κ2) is 12.8. The second-order valence-corrected chi connectivity index (χ2v) is 10.4. The van der Waals surface area contributed by atoms with Gasteiger partial charge in [-0.25, -0.2) is 13.8 Å². The van der Waals surface area contributed by atoms with E-state index in [9.17, 15) is 13.2 Å². The average molecular weight is 566 g/mol. The van der Waals surface area contributed by atoms with E-state index >= 15 is 0 Å². The zero-order valence-electron chi connectivity index (χ0n) is 20.3. The number of nitrogens with zero attached hydrogens (tertiary/aromatic N) is 2. The van der Waals surface area contributed by atoms with Crippen LogP contribution in [0.3, 0.4) is 0 Å². The van der Waals surface area contributed by atoms with E-state index in [-0.39, 0.29) is 11.4 Å². The lowest BCUT2D eigenvalue weighted by Crippen LogP contribution is -2.39. The van der Waals surface area contributed by atoms with Crippen LogP contribution in [-0.4, -0.2) is 52.7 Å². The molecule has 0 saturated heterocycles. The topological polar surface area (TPSA) is 107 Å². The van der Waals surface area contributed by atoms with Crippen LogP contribution in [0.4, 0.5) is 0 Å². The number of nitrogens with one attached hydrogen (secondary N) is 1. The molecule has 0 spiro atoms. The van der Waals surface area contributed by atoms with Gasteiger partial charge in [0.25, 0.3) is 5.91 Å². The molecule has 1 N–H and O–H groups in total. The van der Waals surface area contributed by atoms with Crippen molar-refractivity contribution in [2.75, 3.05) is 27.9 Å². The third-order valence-corrected chi connectivity index (χ3v) is 7.40. The van der Waals surface area contributed by atoms with Crippen LogP contribution in [0.2, 0.25) is 10.0 Å². The van der Waals surface area contributed by atoms with Crippen LogP contribution in [0.5, 0.6) is 17.2 Å². The van der Waals surface area contributed by atoms with Gasteiger partial charge in [-0.2, -0.15) is 9.41 Å². The van der Waals surface area contributed by atoms with Crippen molar-refractivity contribution in [3.63, 3.8) is 0 Å². The molecule has 3 aromatic rings. The summed E-state index contributed by atoms with van der Waals surface area (Å²) in [4.78, 5) is 12.7. The van der Waals surface area contributed by atoms with Gasteiger partial charge in [0.1, 0.15) is 0 Å². The molecule has 0 unspecified atom stereocenters. The number of benzene rings is 3. The first kappa shape index (κ1) is 28.3. The Kier molecular flexibility index (Phi) is 9.76. The van der Waals surface area contributed by atoms with Crippen molar-refractivity contribution in [2.45, 2.75) is 11.4 Å². The van der Waals surface area contributed by atoms with E-state index in [2.05, 4.69) is 10.5 Å². The highest BCUT2D eigenvalue weighted by atomic mass is 35.5. The number of methoxy groups -OCH3 is 3. The van der Waals surface area contributed by atoms with Crippen LogP contribution >= 0.6 is 23.2 Å². The van der Waals surface area contributed by atoms with Gasteiger partial charge in [-0.05, 0) is 54.1 Å². The number of carbonyl (C=O) groups is 1. The maximum absolute atomic E-state index is 13.4. The predicted octanol–water partition coefficient (Wildman–Crippen LogP) is 4.36. The molecule has 3 aromatic carbocycles. The summed E-state index contributed by atoms with van der Waals surface area (Å²) in [5.41, 5.74) is 3.52. The first-order chi connectivity index (χ1) is 17.7. The Morgan fingerprint density at radius 3 is 2.16 bits per heavy atom. The molecule has 196 valence electrons. The number of sulfonamides is 1. The smallest absolute Gasteiger partial charge is 0.255 e. The maximum atomic E-state index is 13.4. The molecular formula is C25H25Cl2N3O6S. The Bertz CT molecular complexity index is 1360. The molecule has 12 heteroatoms. The van der Waals surface area contributed by atoms with E-state index in [0.717, 1.165) is 4.31 Å². The van der Waals surface area contributed by atoms with E-state index < -0.39 is 22.5 Å². The predicted molar refractivity (Wildman–Crippen MR) is 142 cm³/mol. The molecule has 37 heavy (non-hydrogen) atoms. The normalized spacial score (nSPS) is 11.5. The molecule has 0 aliphatic rings. The molecule has 3 rings (SSSR count). The summed E-state index contributed by atoms with van der Waals surface area (Å²) in [6.45, 7) is -0.584. The summed E-state index contributed by atoms with van der Waals surface area (Å²) in [6.07, 6.45) is 1.37. The van der Waals surface area contributed by atoms with Gasteiger partial charge in [-0.3, -0.25) is 4.79 Å². The Hall–Kier alpha value is -3.31. The van der Waals surface area contributed by atoms with Gasteiger partial charge in [0.15, 0.2) is 11.5 Å². The number of halogens is 2. The standard InChI is InChI=1S/C25H25Cl2N3O6S/c1-34-22-12-18(13-23(35-2)25(22)36-3)14-28-29-24(31)16-30(15-17-5-4-6-20(27)11-17)37(32,33)21-9-7-19(26)8-10-21/h4-14H,15-16H2,1-3H3,(H,29,31)/b28-14-. The molecule has 9 nitrogen and oxygen atoms in total. The molecule has 0 aromatic heterocycles. The van der Waals surface area contributed by atoms with Crippen molar-refractivity contribution < 1.29 is 27.4 Å². The minimum absolute atomic E-state index is 0.00680. The summed E-state index contributed by atoms with van der Waals surface area (Å²) in [5, 5.41) is 4.79. The average Bonchev–Trinajstić information content (AvgIpc) is 2.88. The summed E-state index contributed by atoms with van der Waals surface area (Å²) >= 11 is 12.0. The Morgan fingerprint density at radius 1 is 0.946 bits per heavy atom. The van der Waals surface area contributed by atoms with Crippen molar-refractivity contribution in [2.24, 2.45) is 5.10 Å². The molecule has 0 fully saturated rings. The minimum atomic E-state index is -4.05. The first-order valence-corrected chi connectivity index (χ1v) is 13.0. The summed E-state index contributed by atoms with van der Waals surface area (Å²) in [6, 6.07) is 15.7. The van der Waals surface area contributed by atoms with Crippen LogP contribution < -0.4 is 19.6 Å². The molecule has 0 radical (unpaired) electrons. The monoisotopic (exact) mass is 565 g/mol. The maximum Gasteiger partial charge on any atom is 0.255 e. The van der Waals surface area contributed by atoms with Gasteiger partial charge in [-0.15, -0.1) is 0 Å². The van der Waals surface area contributed by atoms with Crippen molar-refractivity contribution >= 4 is 45.3 Å². The van der Waals surface area contributed by atoms with Crippen LogP contribution in [0.15, 0.2) is 70.7 Å². The fourth-order valence-corrected chi connectivity index (χ4v) is 5.09. The zero-order valence-corrected chi connectivity index (χ0v) is 22.6. The lowest BCUT2D eigenvalue weighted by Gasteiger charge is -2.21. The van der Waals surface area contributed by atoms with Crippen LogP contribution in [0.25, 0.3) is 0 Å². The largest absolute Gasteiger partial charge is 0.493 e. The molecule has 0 saturated carbocycles. The van der Waals surface area contributed by atoms with Gasteiger partial charge in [-0.1, -0.05) is 35.3 Å². The third kappa shape index (κ3) is 7.36. The van der Waals surface area contributed by atoms with Crippen molar-refractivity contribution in [1.82, 2.24) is 9.73 Å². The molecule has 0 atom stereocenters. The third-order valence-electron chi connectivity index (χ3n) is 5.11. The lowest BCUT2D eigenvalue weighted by atomic mass is 10.2. The number of rotatable bonds is 11. The summed E-state index contributed by atoms with van der Waals surface area (Å²) in [5.74, 6) is 0.589. The highest BCUT2D eigenvalue weighted by molar-refractivity contribution is 7.89. The molecule has 0 heterocycles. The van der Waals surface area contributed by atoms with Gasteiger partial charge >= 0.3 is 0 Å². The van der Waals surface area contributed by atoms with E-state index in [0.29, 0.717) is 38.4 Å². The molecule has 0 aliphatic carbocycles. The SMILES string of the molecule is COc1cc(/C=N\NC(=O)CN(Cc2cccc(Cl)c2)S(=O)(=O)c2ccc(Cl)cc2)cc(OC)c1OC. The van der Waals surface area contributed by atoms with Gasteiger partial charge in [0, 0.05) is 22.2 Å². The van der Waals surface area contributed by atoms with E-state index in [4.69, 9.17) is 37.4 Å². The van der Waals surface area contributed by atoms with Crippen LogP contribution in [0.1, 0.15) is 11.1 Å². The number of ether oxygens (including phenoxy) is 3. The number of hydrazone groups is 1. The minimum Gasteiger partial charge on any atom is -0.493 e. The first-order valence-electron chi connectivity index (χ1n) is 10.8. The molecular weight excluding hydrogens is 541 g/mol. The van der Waals surface area contributed by atoms with Crippen molar-refractivity contribution in [1.29, 1.82) is 0 Å². The van der Waals surface area contributed by atoms with Gasteiger partial charge < -0.3 is 14.2 Å². The Balaban J connectivity index is 1.81. The van der Waals surface area contributed by atoms with Crippen molar-refractivity contribution in [3.05, 3.63) is 81.8 Å². The van der Waals surface area contributed by atoms with E-state index in [1.165, 1.54) is 51.8 Å². The fourth-order valence-electron chi connectivity index (χ4n) is 3.37. The molecule has 0 aliphatic heterocycles. The molecule has 1 amide bonds. The highest BCUT2D eigenvalue weighted by Gasteiger charge is 2.27. The van der Waals surface area contributed by atoms with Gasteiger partial charge in [0.2, 0.25) is 15.8 Å². The summed E-state index contributed by atoms with van der Waals surface area (Å²) in [7, 11) is 0.396. The molecule has 0 bridgehead atoms. The van der Waals surface area contributed by atoms with Gasteiger partial charge in [0.05, 0.1) is 39.0 Å². The van der Waals surface area contributed by atoms with Crippen LogP contribution in [0, 0.1) is 0 Å². The van der Waals surface area contributed by atoms with Crippen molar-refractivity contribution in [3.8, 4) is 17.2 Å². The fraction of sp³-hybridized carbons (Fsp3) is 0.200. The summed E-state index contributed by atoms with van der Waals surface area (Å²) < 4.78 is 43.6. The highest BCUT2D eigenvalue weighted by Crippen LogP contribution is 2.37. The van der Waals surface area contributed by atoms with E-state index in [1.807, 2.05) is 0 Å². The van der Waals surface area contributed by atoms with Crippen LogP contribution in [-0.2, 0) is 21.4 Å². The lowest BCUT2D eigenvalue weighted by molar-refractivity contribution is -0.121. The zero-order chi connectivity index (χ0) is 27.0. The van der Waals surface area contributed by atoms with E-state index in [1.54, 1.807) is 36.4 Å². The number of hydrogen-bond donors (Lipinski definition) is 1. The second-order valence-electron chi connectivity index (χ2n) is 7.61. The Morgan fingerprint density at radius 2 is 1.59 bits per heavy atom. The quantitative estimate of drug-likeness (QED) is 0.273. The number of carbonyl (C=O) groups excluding carboxylic acids is 1. The Labute approximate surface area is 225 Å². The number of amides is 1. The number of hydrogen-bond acceptors (Lipinski definition) is 7.